The molecule has 0 aliphatic carbocycles. The van der Waals surface area contributed by atoms with Gasteiger partial charge in [0.05, 0.1) is 5.54 Å². The summed E-state index contributed by atoms with van der Waals surface area (Å²) in [7, 11) is 0. The molecule has 0 bridgehead atoms. The molecule has 3 nitrogen and oxygen atoms in total. The van der Waals surface area contributed by atoms with Crippen LogP contribution in [0.5, 0.6) is 0 Å². The summed E-state index contributed by atoms with van der Waals surface area (Å²) >= 11 is 12.0. The zero-order chi connectivity index (χ0) is 14.8. The molecule has 1 amide bonds. The Morgan fingerprint density at radius 1 is 1.30 bits per heavy atom. The number of hydrogen-bond acceptors (Lipinski definition) is 2. The first-order valence-corrected chi connectivity index (χ1v) is 7.67. The Bertz CT molecular complexity index is 486. The molecule has 1 aromatic rings. The third-order valence-corrected chi connectivity index (χ3v) is 4.60. The number of hydrogen-bond donors (Lipinski definition) is 1. The van der Waals surface area contributed by atoms with Crippen LogP contribution in [0.15, 0.2) is 18.2 Å². The van der Waals surface area contributed by atoms with Crippen LogP contribution in [0, 0.1) is 0 Å². The van der Waals surface area contributed by atoms with Crippen molar-refractivity contribution >= 4 is 29.1 Å². The van der Waals surface area contributed by atoms with Gasteiger partial charge in [0.1, 0.15) is 0 Å². The van der Waals surface area contributed by atoms with Gasteiger partial charge in [0.25, 0.3) is 0 Å². The number of amides is 1. The van der Waals surface area contributed by atoms with Crippen molar-refractivity contribution in [1.29, 1.82) is 0 Å². The standard InChI is InChI=1S/C15H20Cl2N2O/c1-15(14(18)20)5-2-3-6-19(15)7-4-11-8-12(16)10-13(17)9-11/h8-10H,2-7H2,1H3,(H2,18,20). The van der Waals surface area contributed by atoms with Crippen LogP contribution >= 0.6 is 23.2 Å². The van der Waals surface area contributed by atoms with E-state index in [1.807, 2.05) is 19.1 Å². The lowest BCUT2D eigenvalue weighted by Gasteiger charge is -2.42. The number of carbonyl (C=O) groups excluding carboxylic acids is 1. The van der Waals surface area contributed by atoms with Crippen molar-refractivity contribution in [2.24, 2.45) is 5.73 Å². The van der Waals surface area contributed by atoms with E-state index in [-0.39, 0.29) is 5.91 Å². The zero-order valence-corrected chi connectivity index (χ0v) is 13.2. The van der Waals surface area contributed by atoms with E-state index in [2.05, 4.69) is 4.90 Å². The van der Waals surface area contributed by atoms with Crippen molar-refractivity contribution in [3.05, 3.63) is 33.8 Å². The molecule has 1 fully saturated rings. The number of likely N-dealkylation sites (tertiary alicyclic amines) is 1. The van der Waals surface area contributed by atoms with E-state index in [1.54, 1.807) is 6.07 Å². The number of benzene rings is 1. The molecule has 2 N–H and O–H groups in total. The Labute approximate surface area is 130 Å². The van der Waals surface area contributed by atoms with Crippen LogP contribution in [0.3, 0.4) is 0 Å². The van der Waals surface area contributed by atoms with E-state index >= 15 is 0 Å². The second kappa shape index (κ2) is 6.33. The second-order valence-electron chi connectivity index (χ2n) is 5.61. The molecular formula is C15H20Cl2N2O. The first-order valence-electron chi connectivity index (χ1n) is 6.92. The van der Waals surface area contributed by atoms with Crippen LogP contribution in [0.1, 0.15) is 31.7 Å². The summed E-state index contributed by atoms with van der Waals surface area (Å²) in [5.74, 6) is -0.235. The highest BCUT2D eigenvalue weighted by Gasteiger charge is 2.39. The minimum Gasteiger partial charge on any atom is -0.368 e. The van der Waals surface area contributed by atoms with E-state index in [9.17, 15) is 4.79 Å². The number of nitrogens with zero attached hydrogens (tertiary/aromatic N) is 1. The van der Waals surface area contributed by atoms with Crippen LogP contribution in [0.2, 0.25) is 10.0 Å². The minimum atomic E-state index is -0.527. The molecule has 1 aromatic carbocycles. The molecule has 1 aliphatic heterocycles. The van der Waals surface area contributed by atoms with Gasteiger partial charge < -0.3 is 5.73 Å². The largest absolute Gasteiger partial charge is 0.368 e. The van der Waals surface area contributed by atoms with E-state index < -0.39 is 5.54 Å². The van der Waals surface area contributed by atoms with Crippen molar-refractivity contribution in [3.8, 4) is 0 Å². The fraction of sp³-hybridized carbons (Fsp3) is 0.533. The number of halogens is 2. The lowest BCUT2D eigenvalue weighted by atomic mass is 9.87. The van der Waals surface area contributed by atoms with Gasteiger partial charge in [-0.2, -0.15) is 0 Å². The van der Waals surface area contributed by atoms with Crippen LogP contribution in [-0.4, -0.2) is 29.4 Å². The Kier molecular flexibility index (Phi) is 4.95. The zero-order valence-electron chi connectivity index (χ0n) is 11.7. The predicted molar refractivity (Wildman–Crippen MR) is 83.2 cm³/mol. The van der Waals surface area contributed by atoms with E-state index in [0.29, 0.717) is 10.0 Å². The Balaban J connectivity index is 2.06. The molecule has 1 saturated heterocycles. The van der Waals surface area contributed by atoms with Gasteiger partial charge in [0.15, 0.2) is 0 Å². The Morgan fingerprint density at radius 2 is 1.95 bits per heavy atom. The van der Waals surface area contributed by atoms with Crippen molar-refractivity contribution in [2.75, 3.05) is 13.1 Å². The van der Waals surface area contributed by atoms with Gasteiger partial charge in [0.2, 0.25) is 5.91 Å². The summed E-state index contributed by atoms with van der Waals surface area (Å²) in [6.07, 6.45) is 3.81. The highest BCUT2D eigenvalue weighted by atomic mass is 35.5. The summed E-state index contributed by atoms with van der Waals surface area (Å²) in [6.45, 7) is 3.64. The van der Waals surface area contributed by atoms with Crippen molar-refractivity contribution in [2.45, 2.75) is 38.1 Å². The van der Waals surface area contributed by atoms with Crippen LogP contribution < -0.4 is 5.73 Å². The molecule has 1 aliphatic rings. The van der Waals surface area contributed by atoms with Crippen LogP contribution in [-0.2, 0) is 11.2 Å². The molecule has 0 spiro atoms. The first-order chi connectivity index (χ1) is 9.41. The van der Waals surface area contributed by atoms with Crippen molar-refractivity contribution in [1.82, 2.24) is 4.90 Å². The second-order valence-corrected chi connectivity index (χ2v) is 6.48. The quantitative estimate of drug-likeness (QED) is 0.927. The van der Waals surface area contributed by atoms with Gasteiger partial charge in [-0.15, -0.1) is 0 Å². The van der Waals surface area contributed by atoms with Gasteiger partial charge in [-0.1, -0.05) is 23.2 Å². The van der Waals surface area contributed by atoms with Gasteiger partial charge >= 0.3 is 0 Å². The molecular weight excluding hydrogens is 295 g/mol. The number of rotatable bonds is 4. The molecule has 1 unspecified atom stereocenters. The van der Waals surface area contributed by atoms with Gasteiger partial charge in [-0.3, -0.25) is 9.69 Å². The molecule has 1 atom stereocenters. The summed E-state index contributed by atoms with van der Waals surface area (Å²) in [5, 5.41) is 1.28. The maximum absolute atomic E-state index is 11.7. The maximum Gasteiger partial charge on any atom is 0.237 e. The average Bonchev–Trinajstić information content (AvgIpc) is 2.36. The lowest BCUT2D eigenvalue weighted by Crippen LogP contribution is -2.58. The predicted octanol–water partition coefficient (Wildman–Crippen LogP) is 3.27. The highest BCUT2D eigenvalue weighted by molar-refractivity contribution is 6.34. The number of nitrogens with two attached hydrogens (primary N) is 1. The van der Waals surface area contributed by atoms with Gasteiger partial charge in [0, 0.05) is 16.6 Å². The number of piperidine rings is 1. The Hall–Kier alpha value is -0.770. The topological polar surface area (TPSA) is 46.3 Å². The first kappa shape index (κ1) is 15.6. The molecule has 0 saturated carbocycles. The van der Waals surface area contributed by atoms with E-state index in [1.165, 1.54) is 0 Å². The highest BCUT2D eigenvalue weighted by Crippen LogP contribution is 2.28. The summed E-state index contributed by atoms with van der Waals surface area (Å²) in [5.41, 5.74) is 6.14. The molecule has 2 rings (SSSR count). The SMILES string of the molecule is CC1(C(N)=O)CCCCN1CCc1cc(Cl)cc(Cl)c1. The third-order valence-electron chi connectivity index (χ3n) is 4.16. The monoisotopic (exact) mass is 314 g/mol. The average molecular weight is 315 g/mol. The molecule has 0 aromatic heterocycles. The van der Waals surface area contributed by atoms with Crippen LogP contribution in [0.25, 0.3) is 0 Å². The van der Waals surface area contributed by atoms with Gasteiger partial charge in [-0.25, -0.2) is 0 Å². The summed E-state index contributed by atoms with van der Waals surface area (Å²) in [6, 6.07) is 5.55. The van der Waals surface area contributed by atoms with E-state index in [4.69, 9.17) is 28.9 Å². The molecule has 20 heavy (non-hydrogen) atoms. The Morgan fingerprint density at radius 3 is 2.55 bits per heavy atom. The van der Waals surface area contributed by atoms with Gasteiger partial charge in [-0.05, 0) is 62.9 Å². The molecule has 5 heteroatoms. The molecule has 110 valence electrons. The molecule has 0 radical (unpaired) electrons. The van der Waals surface area contributed by atoms with Crippen LogP contribution in [0.4, 0.5) is 0 Å². The third kappa shape index (κ3) is 3.46. The summed E-state index contributed by atoms with van der Waals surface area (Å²) in [4.78, 5) is 13.9. The summed E-state index contributed by atoms with van der Waals surface area (Å²) < 4.78 is 0. The minimum absolute atomic E-state index is 0.235. The maximum atomic E-state index is 11.7. The smallest absolute Gasteiger partial charge is 0.237 e. The fourth-order valence-electron chi connectivity index (χ4n) is 2.83. The fourth-order valence-corrected chi connectivity index (χ4v) is 3.40. The number of carbonyl (C=O) groups is 1. The lowest BCUT2D eigenvalue weighted by molar-refractivity contribution is -0.131. The van der Waals surface area contributed by atoms with Crippen molar-refractivity contribution in [3.63, 3.8) is 0 Å². The van der Waals surface area contributed by atoms with Crippen molar-refractivity contribution < 1.29 is 4.79 Å². The normalized spacial score (nSPS) is 23.8. The van der Waals surface area contributed by atoms with E-state index in [0.717, 1.165) is 44.3 Å². The number of primary amides is 1. The molecule has 1 heterocycles.